The van der Waals surface area contributed by atoms with E-state index in [-0.39, 0.29) is 6.61 Å². The van der Waals surface area contributed by atoms with E-state index in [0.717, 1.165) is 5.56 Å². The molecule has 0 unspecified atom stereocenters. The molecule has 0 saturated heterocycles. The van der Waals surface area contributed by atoms with Crippen LogP contribution in [0.2, 0.25) is 0 Å². The molecule has 0 amide bonds. The van der Waals surface area contributed by atoms with Gasteiger partial charge in [-0.05, 0) is 11.1 Å². The first-order chi connectivity index (χ1) is 10.9. The molecule has 0 aromatic heterocycles. The summed E-state index contributed by atoms with van der Waals surface area (Å²) in [5.41, 5.74) is 1.68. The molecule has 0 spiro atoms. The summed E-state index contributed by atoms with van der Waals surface area (Å²) >= 11 is 0. The van der Waals surface area contributed by atoms with Crippen molar-refractivity contribution in [2.24, 2.45) is 4.99 Å². The number of hydrogen-bond acceptors (Lipinski definition) is 3. The first kappa shape index (κ1) is 19.2. The van der Waals surface area contributed by atoms with E-state index < -0.39 is 12.8 Å². The average molecular weight is 333 g/mol. The van der Waals surface area contributed by atoms with Gasteiger partial charge in [0.1, 0.15) is 6.61 Å². The third-order valence-electron chi connectivity index (χ3n) is 2.84. The first-order valence-electron chi connectivity index (χ1n) is 7.10. The van der Waals surface area contributed by atoms with Gasteiger partial charge < -0.3 is 20.1 Å². The molecule has 1 aromatic rings. The number of benzene rings is 1. The van der Waals surface area contributed by atoms with Crippen LogP contribution in [-0.4, -0.2) is 46.1 Å². The molecule has 0 bridgehead atoms. The molecule has 0 heterocycles. The van der Waals surface area contributed by atoms with E-state index in [1.54, 1.807) is 26.3 Å². The zero-order chi connectivity index (χ0) is 17.1. The van der Waals surface area contributed by atoms with Crippen molar-refractivity contribution in [1.82, 2.24) is 10.6 Å². The summed E-state index contributed by atoms with van der Waals surface area (Å²) < 4.78 is 45.5. The van der Waals surface area contributed by atoms with E-state index in [0.29, 0.717) is 31.2 Å². The van der Waals surface area contributed by atoms with Crippen molar-refractivity contribution in [2.75, 3.05) is 33.9 Å². The summed E-state index contributed by atoms with van der Waals surface area (Å²) in [5.74, 6) is 0.652. The Morgan fingerprint density at radius 3 is 2.35 bits per heavy atom. The van der Waals surface area contributed by atoms with Crippen LogP contribution in [0.5, 0.6) is 0 Å². The molecule has 0 fully saturated rings. The fourth-order valence-corrected chi connectivity index (χ4v) is 1.72. The third kappa shape index (κ3) is 9.04. The topological polar surface area (TPSA) is 54.9 Å². The van der Waals surface area contributed by atoms with Crippen LogP contribution in [0.3, 0.4) is 0 Å². The summed E-state index contributed by atoms with van der Waals surface area (Å²) in [6, 6.07) is 7.16. The van der Waals surface area contributed by atoms with Crippen LogP contribution in [0.4, 0.5) is 13.2 Å². The lowest BCUT2D eigenvalue weighted by Crippen LogP contribution is -2.38. The van der Waals surface area contributed by atoms with Gasteiger partial charge >= 0.3 is 6.18 Å². The Bertz CT molecular complexity index is 476. The Kier molecular flexibility index (Phi) is 8.42. The fraction of sp³-hybridized carbons (Fsp3) is 0.533. The monoisotopic (exact) mass is 333 g/mol. The van der Waals surface area contributed by atoms with Crippen molar-refractivity contribution in [2.45, 2.75) is 19.3 Å². The largest absolute Gasteiger partial charge is 0.411 e. The van der Waals surface area contributed by atoms with Gasteiger partial charge in [0.05, 0.1) is 13.2 Å². The van der Waals surface area contributed by atoms with Crippen molar-refractivity contribution < 1.29 is 22.6 Å². The predicted molar refractivity (Wildman–Crippen MR) is 82.2 cm³/mol. The lowest BCUT2D eigenvalue weighted by molar-refractivity contribution is -0.176. The SMILES string of the molecule is CN=C(NCCOC)NCc1ccc(COCC(F)(F)F)cc1. The Hall–Kier alpha value is -1.80. The molecular weight excluding hydrogens is 311 g/mol. The van der Waals surface area contributed by atoms with Crippen LogP contribution >= 0.6 is 0 Å². The smallest absolute Gasteiger partial charge is 0.383 e. The molecule has 130 valence electrons. The summed E-state index contributed by atoms with van der Waals surface area (Å²) in [6.45, 7) is 0.475. The van der Waals surface area contributed by atoms with Gasteiger partial charge in [-0.1, -0.05) is 24.3 Å². The van der Waals surface area contributed by atoms with Crippen LogP contribution in [0.15, 0.2) is 29.3 Å². The number of methoxy groups -OCH3 is 1. The Balaban J connectivity index is 2.35. The van der Waals surface area contributed by atoms with Crippen LogP contribution in [0.25, 0.3) is 0 Å². The molecule has 0 aliphatic heterocycles. The zero-order valence-electron chi connectivity index (χ0n) is 13.2. The highest BCUT2D eigenvalue weighted by Gasteiger charge is 2.27. The van der Waals surface area contributed by atoms with Gasteiger partial charge in [0.2, 0.25) is 0 Å². The second-order valence-electron chi connectivity index (χ2n) is 4.77. The minimum absolute atomic E-state index is 0.0620. The fourth-order valence-electron chi connectivity index (χ4n) is 1.72. The van der Waals surface area contributed by atoms with Gasteiger partial charge in [0, 0.05) is 27.2 Å². The van der Waals surface area contributed by atoms with Crippen LogP contribution in [0, 0.1) is 0 Å². The van der Waals surface area contributed by atoms with E-state index in [1.807, 2.05) is 12.1 Å². The molecular formula is C15H22F3N3O2. The predicted octanol–water partition coefficient (Wildman–Crippen LogP) is 2.08. The molecule has 8 heteroatoms. The minimum atomic E-state index is -4.30. The lowest BCUT2D eigenvalue weighted by Gasteiger charge is -2.12. The molecule has 1 rings (SSSR count). The van der Waals surface area contributed by atoms with E-state index in [4.69, 9.17) is 4.74 Å². The Morgan fingerprint density at radius 1 is 1.13 bits per heavy atom. The molecule has 0 saturated carbocycles. The molecule has 1 aromatic carbocycles. The average Bonchev–Trinajstić information content (AvgIpc) is 2.51. The minimum Gasteiger partial charge on any atom is -0.383 e. The quantitative estimate of drug-likeness (QED) is 0.434. The van der Waals surface area contributed by atoms with Gasteiger partial charge in [0.25, 0.3) is 0 Å². The number of hydrogen-bond donors (Lipinski definition) is 2. The van der Waals surface area contributed by atoms with Crippen LogP contribution < -0.4 is 10.6 Å². The number of nitrogens with one attached hydrogen (secondary N) is 2. The van der Waals surface area contributed by atoms with Gasteiger partial charge in [0.15, 0.2) is 5.96 Å². The number of ether oxygens (including phenoxy) is 2. The maximum atomic E-state index is 12.0. The maximum absolute atomic E-state index is 12.0. The summed E-state index contributed by atoms with van der Waals surface area (Å²) in [6.07, 6.45) is -4.30. The summed E-state index contributed by atoms with van der Waals surface area (Å²) in [4.78, 5) is 4.07. The van der Waals surface area contributed by atoms with Crippen molar-refractivity contribution in [1.29, 1.82) is 0 Å². The third-order valence-corrected chi connectivity index (χ3v) is 2.84. The summed E-state index contributed by atoms with van der Waals surface area (Å²) in [7, 11) is 3.29. The second-order valence-corrected chi connectivity index (χ2v) is 4.77. The van der Waals surface area contributed by atoms with Crippen molar-refractivity contribution in [3.63, 3.8) is 0 Å². The van der Waals surface area contributed by atoms with Gasteiger partial charge in [-0.3, -0.25) is 4.99 Å². The Labute approximate surface area is 133 Å². The van der Waals surface area contributed by atoms with Crippen molar-refractivity contribution in [3.05, 3.63) is 35.4 Å². The number of alkyl halides is 3. The molecule has 0 aliphatic carbocycles. The number of guanidine groups is 1. The Morgan fingerprint density at radius 2 is 1.78 bits per heavy atom. The molecule has 2 N–H and O–H groups in total. The van der Waals surface area contributed by atoms with Crippen molar-refractivity contribution >= 4 is 5.96 Å². The standard InChI is InChI=1S/C15H22F3N3O2/c1-19-14(20-7-8-22-2)21-9-12-3-5-13(6-4-12)10-23-11-15(16,17)18/h3-6H,7-11H2,1-2H3,(H2,19,20,21). The van der Waals surface area contributed by atoms with E-state index in [1.165, 1.54) is 0 Å². The lowest BCUT2D eigenvalue weighted by atomic mass is 10.1. The van der Waals surface area contributed by atoms with E-state index in [2.05, 4.69) is 20.4 Å². The van der Waals surface area contributed by atoms with Gasteiger partial charge in [-0.15, -0.1) is 0 Å². The number of nitrogens with zero attached hydrogens (tertiary/aromatic N) is 1. The normalized spacial score (nSPS) is 12.3. The highest BCUT2D eigenvalue weighted by molar-refractivity contribution is 5.79. The summed E-state index contributed by atoms with van der Waals surface area (Å²) in [5, 5.41) is 6.21. The number of aliphatic imine (C=N–C) groups is 1. The van der Waals surface area contributed by atoms with Gasteiger partial charge in [-0.25, -0.2) is 0 Å². The molecule has 5 nitrogen and oxygen atoms in total. The highest BCUT2D eigenvalue weighted by Crippen LogP contribution is 2.15. The molecule has 0 radical (unpaired) electrons. The zero-order valence-corrected chi connectivity index (χ0v) is 13.2. The molecule has 23 heavy (non-hydrogen) atoms. The molecule has 0 aliphatic rings. The van der Waals surface area contributed by atoms with E-state index in [9.17, 15) is 13.2 Å². The van der Waals surface area contributed by atoms with Gasteiger partial charge in [-0.2, -0.15) is 13.2 Å². The number of rotatable bonds is 8. The number of halogens is 3. The van der Waals surface area contributed by atoms with Crippen LogP contribution in [0.1, 0.15) is 11.1 Å². The second kappa shape index (κ2) is 10.1. The van der Waals surface area contributed by atoms with E-state index >= 15 is 0 Å². The molecule has 0 atom stereocenters. The highest BCUT2D eigenvalue weighted by atomic mass is 19.4. The maximum Gasteiger partial charge on any atom is 0.411 e. The van der Waals surface area contributed by atoms with Crippen LogP contribution in [-0.2, 0) is 22.6 Å². The van der Waals surface area contributed by atoms with Crippen molar-refractivity contribution in [3.8, 4) is 0 Å². The first-order valence-corrected chi connectivity index (χ1v) is 7.10.